The third-order valence-corrected chi connectivity index (χ3v) is 7.83. The summed E-state index contributed by atoms with van der Waals surface area (Å²) in [6.07, 6.45) is 1.81. The van der Waals surface area contributed by atoms with Gasteiger partial charge in [0.2, 0.25) is 5.91 Å². The molecule has 2 aliphatic rings. The molecule has 0 spiro atoms. The van der Waals surface area contributed by atoms with E-state index in [2.05, 4.69) is 9.47 Å². The number of halogens is 1. The van der Waals surface area contributed by atoms with Gasteiger partial charge in [-0.15, -0.1) is 0 Å². The lowest BCUT2D eigenvalue weighted by Crippen LogP contribution is -2.53. The molecule has 2 fully saturated rings. The Balaban J connectivity index is 1.12. The van der Waals surface area contributed by atoms with E-state index in [9.17, 15) is 14.0 Å². The number of para-hydroxylation sites is 2. The molecule has 3 heterocycles. The Hall–Kier alpha value is -4.04. The van der Waals surface area contributed by atoms with Gasteiger partial charge in [-0.1, -0.05) is 30.3 Å². The molecular weight excluding hydrogens is 493 g/mol. The summed E-state index contributed by atoms with van der Waals surface area (Å²) < 4.78 is 15.7. The van der Waals surface area contributed by atoms with Crippen LogP contribution in [0.5, 0.6) is 0 Å². The molecule has 3 aromatic carbocycles. The first-order chi connectivity index (χ1) is 19.1. The fraction of sp³-hybridized carbons (Fsp3) is 0.323. The van der Waals surface area contributed by atoms with E-state index in [1.54, 1.807) is 12.1 Å². The Morgan fingerprint density at radius 3 is 2.28 bits per heavy atom. The molecular formula is C31H32FN5O2. The molecule has 1 aromatic heterocycles. The van der Waals surface area contributed by atoms with Gasteiger partial charge in [0.1, 0.15) is 11.6 Å². The number of carbonyl (C=O) groups is 2. The number of hydrogen-bond donors (Lipinski definition) is 0. The largest absolute Gasteiger partial charge is 0.339 e. The van der Waals surface area contributed by atoms with E-state index < -0.39 is 0 Å². The van der Waals surface area contributed by atoms with Crippen LogP contribution in [0.15, 0.2) is 78.9 Å². The van der Waals surface area contributed by atoms with E-state index in [0.29, 0.717) is 44.8 Å². The minimum atomic E-state index is -0.271. The van der Waals surface area contributed by atoms with Gasteiger partial charge in [-0.3, -0.25) is 19.1 Å². The smallest absolute Gasteiger partial charge is 0.253 e. The zero-order valence-corrected chi connectivity index (χ0v) is 21.9. The molecule has 0 bridgehead atoms. The quantitative estimate of drug-likeness (QED) is 0.389. The van der Waals surface area contributed by atoms with E-state index in [4.69, 9.17) is 4.98 Å². The molecule has 8 heteroatoms. The van der Waals surface area contributed by atoms with Crippen molar-refractivity contribution < 1.29 is 14.0 Å². The third-order valence-electron chi connectivity index (χ3n) is 7.83. The van der Waals surface area contributed by atoms with Crippen LogP contribution in [0.3, 0.4) is 0 Å². The number of benzene rings is 3. The number of carbonyl (C=O) groups excluding carboxylic acids is 2. The van der Waals surface area contributed by atoms with Crippen LogP contribution in [0.2, 0.25) is 0 Å². The summed E-state index contributed by atoms with van der Waals surface area (Å²) in [6, 6.07) is 23.8. The van der Waals surface area contributed by atoms with Crippen LogP contribution in [-0.2, 0) is 11.3 Å². The molecule has 4 aromatic rings. The summed E-state index contributed by atoms with van der Waals surface area (Å²) in [5.74, 6) is 0.740. The van der Waals surface area contributed by atoms with E-state index in [-0.39, 0.29) is 23.5 Å². The van der Waals surface area contributed by atoms with E-state index in [1.807, 2.05) is 64.4 Å². The summed E-state index contributed by atoms with van der Waals surface area (Å²) in [5.41, 5.74) is 3.43. The highest BCUT2D eigenvalue weighted by molar-refractivity contribution is 5.94. The van der Waals surface area contributed by atoms with Crippen LogP contribution >= 0.6 is 0 Å². The first-order valence-electron chi connectivity index (χ1n) is 13.6. The molecule has 200 valence electrons. The first kappa shape index (κ1) is 25.2. The van der Waals surface area contributed by atoms with Crippen LogP contribution in [-0.4, -0.2) is 75.3 Å². The molecule has 2 saturated heterocycles. The lowest BCUT2D eigenvalue weighted by molar-refractivity contribution is -0.139. The van der Waals surface area contributed by atoms with E-state index >= 15 is 0 Å². The lowest BCUT2D eigenvalue weighted by Gasteiger charge is -2.39. The van der Waals surface area contributed by atoms with Crippen LogP contribution in [0, 0.1) is 11.7 Å². The predicted molar refractivity (Wildman–Crippen MR) is 148 cm³/mol. The summed E-state index contributed by atoms with van der Waals surface area (Å²) in [5, 5.41) is 0. The second-order valence-electron chi connectivity index (χ2n) is 10.4. The molecule has 0 aliphatic carbocycles. The lowest BCUT2D eigenvalue weighted by atomic mass is 9.96. The van der Waals surface area contributed by atoms with Crippen molar-refractivity contribution in [2.75, 3.05) is 39.3 Å². The van der Waals surface area contributed by atoms with Crippen molar-refractivity contribution in [2.45, 2.75) is 19.4 Å². The molecule has 0 radical (unpaired) electrons. The summed E-state index contributed by atoms with van der Waals surface area (Å²) in [6.45, 7) is 4.41. The number of hydrogen-bond acceptors (Lipinski definition) is 4. The Kier molecular flexibility index (Phi) is 7.11. The number of aromatic nitrogens is 2. The second kappa shape index (κ2) is 11.0. The SMILES string of the molecule is O=C(c1ccccc1)N1CCN(C(=O)[C@@H]2CCCN(Cc3nc4ccccc4n3-c3ccc(F)cc3)C2)CC1. The number of rotatable bonds is 5. The number of imidazole rings is 1. The summed E-state index contributed by atoms with van der Waals surface area (Å²) in [7, 11) is 0. The zero-order valence-electron chi connectivity index (χ0n) is 21.9. The average Bonchev–Trinajstić information content (AvgIpc) is 3.35. The number of fused-ring (bicyclic) bond motifs is 1. The van der Waals surface area contributed by atoms with Crippen molar-refractivity contribution in [2.24, 2.45) is 5.92 Å². The topological polar surface area (TPSA) is 61.7 Å². The number of piperidine rings is 1. The van der Waals surface area contributed by atoms with Crippen LogP contribution in [0.1, 0.15) is 29.0 Å². The normalized spacial score (nSPS) is 18.4. The monoisotopic (exact) mass is 525 g/mol. The number of amides is 2. The highest BCUT2D eigenvalue weighted by atomic mass is 19.1. The third kappa shape index (κ3) is 5.29. The van der Waals surface area contributed by atoms with Gasteiger partial charge in [-0.05, 0) is 67.9 Å². The summed E-state index contributed by atoms with van der Waals surface area (Å²) in [4.78, 5) is 37.3. The standard InChI is InChI=1S/C31H32FN5O2/c32-25-12-14-26(15-13-25)37-28-11-5-4-10-27(28)33-29(37)22-34-16-6-9-24(21-34)31(39)36-19-17-35(18-20-36)30(38)23-7-2-1-3-8-23/h1-5,7-8,10-15,24H,6,9,16-22H2/t24-/m1/s1. The number of piperazine rings is 1. The molecule has 39 heavy (non-hydrogen) atoms. The molecule has 2 aliphatic heterocycles. The predicted octanol–water partition coefficient (Wildman–Crippen LogP) is 4.36. The van der Waals surface area contributed by atoms with Crippen molar-refractivity contribution in [1.82, 2.24) is 24.3 Å². The molecule has 1 atom stereocenters. The van der Waals surface area contributed by atoms with Gasteiger partial charge in [0.25, 0.3) is 5.91 Å². The molecule has 0 saturated carbocycles. The van der Waals surface area contributed by atoms with Gasteiger partial charge < -0.3 is 9.80 Å². The molecule has 0 unspecified atom stereocenters. The highest BCUT2D eigenvalue weighted by Gasteiger charge is 2.32. The van der Waals surface area contributed by atoms with E-state index in [0.717, 1.165) is 41.9 Å². The van der Waals surface area contributed by atoms with E-state index in [1.165, 1.54) is 12.1 Å². The minimum absolute atomic E-state index is 0.0237. The molecule has 2 amide bonds. The van der Waals surface area contributed by atoms with Crippen molar-refractivity contribution in [3.63, 3.8) is 0 Å². The van der Waals surface area contributed by atoms with Gasteiger partial charge >= 0.3 is 0 Å². The van der Waals surface area contributed by atoms with Gasteiger partial charge in [-0.2, -0.15) is 0 Å². The zero-order chi connectivity index (χ0) is 26.8. The van der Waals surface area contributed by atoms with Crippen molar-refractivity contribution >= 4 is 22.8 Å². The van der Waals surface area contributed by atoms with Crippen molar-refractivity contribution in [3.8, 4) is 5.69 Å². The van der Waals surface area contributed by atoms with Gasteiger partial charge in [0.05, 0.1) is 23.5 Å². The fourth-order valence-electron chi connectivity index (χ4n) is 5.81. The first-order valence-corrected chi connectivity index (χ1v) is 13.6. The van der Waals surface area contributed by atoms with Gasteiger partial charge in [-0.25, -0.2) is 9.37 Å². The minimum Gasteiger partial charge on any atom is -0.339 e. The van der Waals surface area contributed by atoms with Gasteiger partial charge in [0, 0.05) is 44.0 Å². The Morgan fingerprint density at radius 2 is 1.51 bits per heavy atom. The molecule has 6 rings (SSSR count). The molecule has 7 nitrogen and oxygen atoms in total. The maximum absolute atomic E-state index is 13.6. The average molecular weight is 526 g/mol. The molecule has 0 N–H and O–H groups in total. The maximum Gasteiger partial charge on any atom is 0.253 e. The second-order valence-corrected chi connectivity index (χ2v) is 10.4. The van der Waals surface area contributed by atoms with Crippen LogP contribution in [0.4, 0.5) is 4.39 Å². The Bertz CT molecular complexity index is 1460. The number of nitrogens with zero attached hydrogens (tertiary/aromatic N) is 5. The Morgan fingerprint density at radius 1 is 0.821 bits per heavy atom. The Labute approximate surface area is 227 Å². The van der Waals surface area contributed by atoms with Crippen LogP contribution < -0.4 is 0 Å². The number of likely N-dealkylation sites (tertiary alicyclic amines) is 1. The van der Waals surface area contributed by atoms with Gasteiger partial charge in [0.15, 0.2) is 0 Å². The highest BCUT2D eigenvalue weighted by Crippen LogP contribution is 2.26. The van der Waals surface area contributed by atoms with Crippen molar-refractivity contribution in [3.05, 3.63) is 96.1 Å². The maximum atomic E-state index is 13.6. The van der Waals surface area contributed by atoms with Crippen LogP contribution in [0.25, 0.3) is 16.7 Å². The fourth-order valence-corrected chi connectivity index (χ4v) is 5.81. The summed E-state index contributed by atoms with van der Waals surface area (Å²) >= 11 is 0. The van der Waals surface area contributed by atoms with Crippen molar-refractivity contribution in [1.29, 1.82) is 0 Å².